The van der Waals surface area contributed by atoms with Gasteiger partial charge in [0.15, 0.2) is 0 Å². The Balaban J connectivity index is 1.49. The zero-order valence-corrected chi connectivity index (χ0v) is 19.4. The molecule has 0 bridgehead atoms. The van der Waals surface area contributed by atoms with E-state index < -0.39 is 0 Å². The van der Waals surface area contributed by atoms with E-state index in [-0.39, 0.29) is 6.61 Å². The summed E-state index contributed by atoms with van der Waals surface area (Å²) in [6.07, 6.45) is 2.54. The maximum Gasteiger partial charge on any atom is 0.201 e. The fourth-order valence-corrected chi connectivity index (χ4v) is 4.52. The van der Waals surface area contributed by atoms with Gasteiger partial charge in [-0.15, -0.1) is 0 Å². The van der Waals surface area contributed by atoms with Crippen LogP contribution in [0.2, 0.25) is 0 Å². The first-order valence-corrected chi connectivity index (χ1v) is 11.6. The topological polar surface area (TPSA) is 80.2 Å². The number of aromatic nitrogens is 3. The fraction of sp³-hybridized carbons (Fsp3) is 0.214. The molecule has 0 atom stereocenters. The normalized spacial score (nSPS) is 11.4. The summed E-state index contributed by atoms with van der Waals surface area (Å²) >= 11 is 0. The molecule has 0 saturated heterocycles. The van der Waals surface area contributed by atoms with Crippen LogP contribution in [0.3, 0.4) is 0 Å². The van der Waals surface area contributed by atoms with Crippen molar-refractivity contribution in [3.05, 3.63) is 95.7 Å². The molecule has 0 aliphatic rings. The largest absolute Gasteiger partial charge is 0.396 e. The summed E-state index contributed by atoms with van der Waals surface area (Å²) in [5.41, 5.74) is 13.9. The van der Waals surface area contributed by atoms with E-state index in [1.165, 1.54) is 11.1 Å². The highest BCUT2D eigenvalue weighted by Crippen LogP contribution is 2.25. The fourth-order valence-electron chi connectivity index (χ4n) is 4.52. The number of nitrogen functional groups attached to an aromatic ring is 1. The van der Waals surface area contributed by atoms with Crippen molar-refractivity contribution in [2.45, 2.75) is 26.4 Å². The monoisotopic (exact) mass is 451 g/mol. The summed E-state index contributed by atoms with van der Waals surface area (Å²) in [7, 11) is 0. The molecule has 5 rings (SSSR count). The smallest absolute Gasteiger partial charge is 0.201 e. The van der Waals surface area contributed by atoms with Gasteiger partial charge in [0.25, 0.3) is 0 Å². The quantitative estimate of drug-likeness (QED) is 0.350. The van der Waals surface area contributed by atoms with Crippen molar-refractivity contribution in [3.8, 4) is 0 Å². The lowest BCUT2D eigenvalue weighted by atomic mass is 10.1. The third-order valence-electron chi connectivity index (χ3n) is 6.21. The van der Waals surface area contributed by atoms with Gasteiger partial charge in [0, 0.05) is 37.0 Å². The first-order valence-electron chi connectivity index (χ1n) is 11.6. The number of aliphatic hydroxyl groups excluding tert-OH is 1. The van der Waals surface area contributed by atoms with E-state index in [2.05, 4.69) is 87.0 Å². The van der Waals surface area contributed by atoms with Gasteiger partial charge in [-0.1, -0.05) is 42.5 Å². The Kier molecular flexibility index (Phi) is 6.14. The minimum absolute atomic E-state index is 0.170. The van der Waals surface area contributed by atoms with Crippen LogP contribution in [-0.4, -0.2) is 32.8 Å². The van der Waals surface area contributed by atoms with E-state index in [9.17, 15) is 5.11 Å². The Hall–Kier alpha value is -3.90. The van der Waals surface area contributed by atoms with Gasteiger partial charge < -0.3 is 20.3 Å². The Morgan fingerprint density at radius 3 is 2.71 bits per heavy atom. The number of hydrogen-bond donors (Lipinski definition) is 2. The summed E-state index contributed by atoms with van der Waals surface area (Å²) in [6.45, 7) is 4.39. The molecule has 2 heterocycles. The number of imidazole rings is 1. The van der Waals surface area contributed by atoms with E-state index in [1.54, 1.807) is 0 Å². The van der Waals surface area contributed by atoms with E-state index in [0.29, 0.717) is 12.5 Å². The molecule has 0 unspecified atom stereocenters. The highest BCUT2D eigenvalue weighted by Gasteiger charge is 2.13. The number of hydrogen-bond acceptors (Lipinski definition) is 5. The molecule has 0 saturated carbocycles. The van der Waals surface area contributed by atoms with Gasteiger partial charge in [-0.25, -0.2) is 4.98 Å². The molecule has 5 aromatic rings. The predicted octanol–water partition coefficient (Wildman–Crippen LogP) is 4.91. The van der Waals surface area contributed by atoms with Gasteiger partial charge >= 0.3 is 0 Å². The zero-order chi connectivity index (χ0) is 23.5. The third kappa shape index (κ3) is 4.45. The summed E-state index contributed by atoms with van der Waals surface area (Å²) in [6, 6.07) is 25.1. The van der Waals surface area contributed by atoms with Crippen molar-refractivity contribution in [1.29, 1.82) is 0 Å². The van der Waals surface area contributed by atoms with Crippen molar-refractivity contribution >= 4 is 33.6 Å². The molecule has 3 aromatic carbocycles. The molecule has 0 aliphatic carbocycles. The van der Waals surface area contributed by atoms with Crippen LogP contribution < -0.4 is 10.6 Å². The van der Waals surface area contributed by atoms with Crippen LogP contribution in [0.5, 0.6) is 0 Å². The predicted molar refractivity (Wildman–Crippen MR) is 139 cm³/mol. The van der Waals surface area contributed by atoms with Gasteiger partial charge in [-0.3, -0.25) is 4.98 Å². The van der Waals surface area contributed by atoms with Gasteiger partial charge in [0.2, 0.25) is 5.95 Å². The van der Waals surface area contributed by atoms with Crippen molar-refractivity contribution in [2.75, 3.05) is 23.8 Å². The number of benzene rings is 3. The number of nitrogens with zero attached hydrogens (tertiary/aromatic N) is 4. The van der Waals surface area contributed by atoms with Gasteiger partial charge in [0.1, 0.15) is 0 Å². The Morgan fingerprint density at radius 2 is 1.85 bits per heavy atom. The number of nitrogens with two attached hydrogens (primary N) is 1. The lowest BCUT2D eigenvalue weighted by Gasteiger charge is -2.25. The van der Waals surface area contributed by atoms with Crippen molar-refractivity contribution < 1.29 is 5.11 Å². The first-order chi connectivity index (χ1) is 16.6. The van der Waals surface area contributed by atoms with E-state index in [4.69, 9.17) is 5.73 Å². The molecular weight excluding hydrogens is 422 g/mol. The summed E-state index contributed by atoms with van der Waals surface area (Å²) in [5, 5.41) is 10.5. The standard InChI is InChI=1S/C28H29N5O/c1-20-6-2-10-24(16-20)32(14-5-15-34)18-21-11-12-25-26(17-21)33(28(29)31-25)19-23-8-3-7-22-9-4-13-30-27(22)23/h2-4,6-13,16-17,34H,5,14-15,18-19H2,1H3,(H2,29,31). The highest BCUT2D eigenvalue weighted by atomic mass is 16.3. The number of para-hydroxylation sites is 1. The molecular formula is C28H29N5O. The molecule has 6 heteroatoms. The van der Waals surface area contributed by atoms with Gasteiger partial charge in [-0.05, 0) is 60.4 Å². The van der Waals surface area contributed by atoms with Crippen LogP contribution in [0.25, 0.3) is 21.9 Å². The maximum absolute atomic E-state index is 9.42. The summed E-state index contributed by atoms with van der Waals surface area (Å²) in [5.74, 6) is 0.496. The second kappa shape index (κ2) is 9.53. The number of fused-ring (bicyclic) bond motifs is 2. The van der Waals surface area contributed by atoms with Crippen molar-refractivity contribution in [3.63, 3.8) is 0 Å². The SMILES string of the molecule is Cc1cccc(N(CCCO)Cc2ccc3nc(N)n(Cc4cccc5cccnc45)c3c2)c1. The number of anilines is 2. The minimum atomic E-state index is 0.170. The number of aliphatic hydroxyl groups is 1. The van der Waals surface area contributed by atoms with E-state index in [1.807, 2.05) is 18.3 Å². The lowest BCUT2D eigenvalue weighted by molar-refractivity contribution is 0.289. The second-order valence-corrected chi connectivity index (χ2v) is 8.71. The Labute approximate surface area is 199 Å². The van der Waals surface area contributed by atoms with Crippen LogP contribution in [0.4, 0.5) is 11.6 Å². The molecule has 2 aromatic heterocycles. The van der Waals surface area contributed by atoms with Gasteiger partial charge in [0.05, 0.1) is 23.1 Å². The van der Waals surface area contributed by atoms with Gasteiger partial charge in [-0.2, -0.15) is 0 Å². The second-order valence-electron chi connectivity index (χ2n) is 8.71. The molecule has 6 nitrogen and oxygen atoms in total. The first kappa shape index (κ1) is 21.9. The maximum atomic E-state index is 9.42. The van der Waals surface area contributed by atoms with Crippen LogP contribution in [-0.2, 0) is 13.1 Å². The number of pyridine rings is 1. The molecule has 0 aliphatic heterocycles. The molecule has 0 radical (unpaired) electrons. The molecule has 0 spiro atoms. The van der Waals surface area contributed by atoms with Crippen LogP contribution >= 0.6 is 0 Å². The van der Waals surface area contributed by atoms with E-state index >= 15 is 0 Å². The summed E-state index contributed by atoms with van der Waals surface area (Å²) in [4.78, 5) is 11.5. The summed E-state index contributed by atoms with van der Waals surface area (Å²) < 4.78 is 2.06. The zero-order valence-electron chi connectivity index (χ0n) is 19.4. The van der Waals surface area contributed by atoms with Crippen LogP contribution in [0, 0.1) is 6.92 Å². The number of rotatable bonds is 8. The molecule has 0 amide bonds. The average Bonchev–Trinajstić information content (AvgIpc) is 3.16. The van der Waals surface area contributed by atoms with Crippen LogP contribution in [0.15, 0.2) is 79.0 Å². The molecule has 172 valence electrons. The minimum Gasteiger partial charge on any atom is -0.396 e. The Bertz CT molecular complexity index is 1440. The molecule has 3 N–H and O–H groups in total. The lowest BCUT2D eigenvalue weighted by Crippen LogP contribution is -2.24. The average molecular weight is 452 g/mol. The molecule has 0 fully saturated rings. The number of aryl methyl sites for hydroxylation is 1. The van der Waals surface area contributed by atoms with Crippen molar-refractivity contribution in [2.24, 2.45) is 0 Å². The highest BCUT2D eigenvalue weighted by molar-refractivity contribution is 5.83. The Morgan fingerprint density at radius 1 is 1.00 bits per heavy atom. The third-order valence-corrected chi connectivity index (χ3v) is 6.21. The molecule has 34 heavy (non-hydrogen) atoms. The van der Waals surface area contributed by atoms with Crippen molar-refractivity contribution in [1.82, 2.24) is 14.5 Å². The van der Waals surface area contributed by atoms with Crippen LogP contribution in [0.1, 0.15) is 23.1 Å². The van der Waals surface area contributed by atoms with E-state index in [0.717, 1.165) is 52.7 Å².